The van der Waals surface area contributed by atoms with Gasteiger partial charge in [0.15, 0.2) is 0 Å². The first kappa shape index (κ1) is 23.0. The van der Waals surface area contributed by atoms with Gasteiger partial charge in [-0.1, -0.05) is 11.6 Å². The lowest BCUT2D eigenvalue weighted by molar-refractivity contribution is -0.385. The third-order valence-corrected chi connectivity index (χ3v) is 5.79. The first-order chi connectivity index (χ1) is 16.1. The Morgan fingerprint density at radius 1 is 0.971 bits per heavy atom. The molecule has 0 fully saturated rings. The SMILES string of the molecule is Cc1cc(C(=O)Oc2ccc3c(=O)c(Oc4cc(C)c(Cl)c(C)c4)coc3c2)ccc1[N+](=O)[O-]. The van der Waals surface area contributed by atoms with Crippen molar-refractivity contribution in [2.75, 3.05) is 0 Å². The lowest BCUT2D eigenvalue weighted by Gasteiger charge is -2.10. The summed E-state index contributed by atoms with van der Waals surface area (Å²) in [5.41, 5.74) is 1.84. The molecule has 0 spiro atoms. The minimum atomic E-state index is -0.701. The molecule has 0 aliphatic rings. The third-order valence-electron chi connectivity index (χ3n) is 5.19. The van der Waals surface area contributed by atoms with Crippen LogP contribution in [0.2, 0.25) is 5.02 Å². The number of rotatable bonds is 5. The summed E-state index contributed by atoms with van der Waals surface area (Å²) >= 11 is 6.18. The largest absolute Gasteiger partial charge is 0.460 e. The zero-order chi connectivity index (χ0) is 24.6. The quantitative estimate of drug-likeness (QED) is 0.143. The summed E-state index contributed by atoms with van der Waals surface area (Å²) in [5.74, 6) is -0.0999. The maximum Gasteiger partial charge on any atom is 0.343 e. The molecule has 4 rings (SSSR count). The number of carbonyl (C=O) groups excluding carboxylic acids is 1. The molecule has 4 aromatic rings. The minimum absolute atomic E-state index is 0.000257. The average Bonchev–Trinajstić information content (AvgIpc) is 2.79. The number of nitrogens with zero attached hydrogens (tertiary/aromatic N) is 1. The molecule has 0 aliphatic carbocycles. The number of nitro benzene ring substituents is 1. The number of hydrogen-bond donors (Lipinski definition) is 0. The van der Waals surface area contributed by atoms with Gasteiger partial charge in [0, 0.05) is 22.7 Å². The first-order valence-electron chi connectivity index (χ1n) is 10.1. The van der Waals surface area contributed by atoms with Gasteiger partial charge >= 0.3 is 5.97 Å². The summed E-state index contributed by atoms with van der Waals surface area (Å²) in [6.45, 7) is 5.21. The second kappa shape index (κ2) is 8.99. The van der Waals surface area contributed by atoms with Crippen molar-refractivity contribution in [2.45, 2.75) is 20.8 Å². The van der Waals surface area contributed by atoms with E-state index in [0.717, 1.165) is 11.1 Å². The number of aryl methyl sites for hydroxylation is 3. The van der Waals surface area contributed by atoms with Crippen LogP contribution in [-0.4, -0.2) is 10.9 Å². The summed E-state index contributed by atoms with van der Waals surface area (Å²) in [7, 11) is 0. The average molecular weight is 480 g/mol. The van der Waals surface area contributed by atoms with Crippen molar-refractivity contribution in [2.24, 2.45) is 0 Å². The Hall–Kier alpha value is -4.17. The second-order valence-corrected chi connectivity index (χ2v) is 8.09. The zero-order valence-electron chi connectivity index (χ0n) is 18.4. The number of nitro groups is 1. The fraction of sp³-hybridized carbons (Fsp3) is 0.120. The van der Waals surface area contributed by atoms with Gasteiger partial charge in [-0.05, 0) is 68.3 Å². The monoisotopic (exact) mass is 479 g/mol. The molecule has 0 atom stereocenters. The Bertz CT molecular complexity index is 1500. The fourth-order valence-corrected chi connectivity index (χ4v) is 3.58. The molecule has 0 N–H and O–H groups in total. The predicted molar refractivity (Wildman–Crippen MR) is 126 cm³/mol. The minimum Gasteiger partial charge on any atom is -0.460 e. The second-order valence-electron chi connectivity index (χ2n) is 7.71. The van der Waals surface area contributed by atoms with Gasteiger partial charge in [-0.15, -0.1) is 0 Å². The summed E-state index contributed by atoms with van der Waals surface area (Å²) in [6, 6.07) is 11.7. The Kier molecular flexibility index (Phi) is 6.08. The van der Waals surface area contributed by atoms with Crippen molar-refractivity contribution >= 4 is 34.2 Å². The van der Waals surface area contributed by atoms with Crippen LogP contribution >= 0.6 is 11.6 Å². The summed E-state index contributed by atoms with van der Waals surface area (Å²) in [5, 5.41) is 11.8. The Balaban J connectivity index is 1.58. The van der Waals surface area contributed by atoms with Gasteiger partial charge in [-0.3, -0.25) is 14.9 Å². The smallest absolute Gasteiger partial charge is 0.343 e. The van der Waals surface area contributed by atoms with Crippen molar-refractivity contribution in [1.82, 2.24) is 0 Å². The molecule has 1 aromatic heterocycles. The molecule has 0 bridgehead atoms. The molecule has 0 amide bonds. The maximum absolute atomic E-state index is 12.9. The van der Waals surface area contributed by atoms with Crippen LogP contribution in [0.3, 0.4) is 0 Å². The topological polar surface area (TPSA) is 109 Å². The highest BCUT2D eigenvalue weighted by Crippen LogP contribution is 2.29. The van der Waals surface area contributed by atoms with Crippen LogP contribution in [0.4, 0.5) is 5.69 Å². The lowest BCUT2D eigenvalue weighted by atomic mass is 10.1. The van der Waals surface area contributed by atoms with Crippen LogP contribution in [0.25, 0.3) is 11.0 Å². The van der Waals surface area contributed by atoms with Gasteiger partial charge < -0.3 is 13.9 Å². The molecular formula is C25H18ClNO7. The normalized spacial score (nSPS) is 10.8. The Labute approximate surface area is 198 Å². The molecule has 3 aromatic carbocycles. The highest BCUT2D eigenvalue weighted by molar-refractivity contribution is 6.32. The summed E-state index contributed by atoms with van der Waals surface area (Å²) < 4.78 is 16.6. The molecule has 0 unspecified atom stereocenters. The lowest BCUT2D eigenvalue weighted by Crippen LogP contribution is -2.10. The van der Waals surface area contributed by atoms with Crippen LogP contribution in [0.5, 0.6) is 17.2 Å². The highest BCUT2D eigenvalue weighted by Gasteiger charge is 2.17. The number of hydrogen-bond acceptors (Lipinski definition) is 7. The van der Waals surface area contributed by atoms with Crippen molar-refractivity contribution < 1.29 is 23.6 Å². The van der Waals surface area contributed by atoms with Gasteiger partial charge in [-0.2, -0.15) is 0 Å². The van der Waals surface area contributed by atoms with Gasteiger partial charge in [-0.25, -0.2) is 4.79 Å². The molecule has 0 radical (unpaired) electrons. The molecule has 9 heteroatoms. The van der Waals surface area contributed by atoms with E-state index in [1.54, 1.807) is 12.1 Å². The molecule has 0 saturated heterocycles. The molecule has 34 heavy (non-hydrogen) atoms. The van der Waals surface area contributed by atoms with Crippen LogP contribution < -0.4 is 14.9 Å². The number of benzene rings is 3. The number of esters is 1. The highest BCUT2D eigenvalue weighted by atomic mass is 35.5. The van der Waals surface area contributed by atoms with Crippen LogP contribution in [-0.2, 0) is 0 Å². The van der Waals surface area contributed by atoms with E-state index < -0.39 is 16.3 Å². The number of fused-ring (bicyclic) bond motifs is 1. The Morgan fingerprint density at radius 3 is 2.32 bits per heavy atom. The van der Waals surface area contributed by atoms with Crippen LogP contribution in [0.1, 0.15) is 27.0 Å². The summed E-state index contributed by atoms with van der Waals surface area (Å²) in [6.07, 6.45) is 1.19. The standard InChI is InChI=1S/C25H18ClNO7/c1-13-8-16(4-7-20(13)27(30)31)25(29)34-17-5-6-19-21(11-17)32-12-22(24(19)28)33-18-9-14(2)23(26)15(3)10-18/h4-12H,1-3H3. The van der Waals surface area contributed by atoms with E-state index in [9.17, 15) is 19.7 Å². The van der Waals surface area contributed by atoms with E-state index in [0.29, 0.717) is 16.3 Å². The Morgan fingerprint density at radius 2 is 1.68 bits per heavy atom. The van der Waals surface area contributed by atoms with Crippen molar-refractivity contribution in [3.63, 3.8) is 0 Å². The summed E-state index contributed by atoms with van der Waals surface area (Å²) in [4.78, 5) is 35.8. The molecule has 8 nitrogen and oxygen atoms in total. The van der Waals surface area contributed by atoms with Gasteiger partial charge in [0.1, 0.15) is 23.3 Å². The van der Waals surface area contributed by atoms with E-state index >= 15 is 0 Å². The van der Waals surface area contributed by atoms with E-state index in [1.165, 1.54) is 49.6 Å². The fourth-order valence-electron chi connectivity index (χ4n) is 3.47. The number of halogens is 1. The van der Waals surface area contributed by atoms with E-state index in [1.807, 2.05) is 13.8 Å². The first-order valence-corrected chi connectivity index (χ1v) is 10.5. The van der Waals surface area contributed by atoms with Crippen LogP contribution in [0, 0.1) is 30.9 Å². The van der Waals surface area contributed by atoms with Crippen LogP contribution in [0.15, 0.2) is 64.0 Å². The van der Waals surface area contributed by atoms with Crippen molar-refractivity contribution in [1.29, 1.82) is 0 Å². The number of ether oxygens (including phenoxy) is 2. The predicted octanol–water partition coefficient (Wildman–Crippen LogP) is 6.29. The maximum atomic E-state index is 12.9. The van der Waals surface area contributed by atoms with Crippen molar-refractivity contribution in [3.05, 3.63) is 102 Å². The van der Waals surface area contributed by atoms with Crippen molar-refractivity contribution in [3.8, 4) is 17.2 Å². The van der Waals surface area contributed by atoms with E-state index in [4.69, 9.17) is 25.5 Å². The van der Waals surface area contributed by atoms with Gasteiger partial charge in [0.25, 0.3) is 5.69 Å². The van der Waals surface area contributed by atoms with E-state index in [-0.39, 0.29) is 33.7 Å². The van der Waals surface area contributed by atoms with Gasteiger partial charge in [0.2, 0.25) is 11.2 Å². The van der Waals surface area contributed by atoms with Gasteiger partial charge in [0.05, 0.1) is 15.9 Å². The molecule has 1 heterocycles. The molecule has 0 saturated carbocycles. The molecular weight excluding hydrogens is 462 g/mol. The molecule has 0 aliphatic heterocycles. The number of carbonyl (C=O) groups is 1. The zero-order valence-corrected chi connectivity index (χ0v) is 19.1. The van der Waals surface area contributed by atoms with E-state index in [2.05, 4.69) is 0 Å². The molecule has 172 valence electrons. The third kappa shape index (κ3) is 4.49.